The molecule has 0 bridgehead atoms. The van der Waals surface area contributed by atoms with Crippen molar-refractivity contribution >= 4 is 39.3 Å². The molecule has 0 saturated carbocycles. The maximum atomic E-state index is 12.6. The summed E-state index contributed by atoms with van der Waals surface area (Å²) < 4.78 is 97.3. The predicted molar refractivity (Wildman–Crippen MR) is 132 cm³/mol. The smallest absolute Gasteiger partial charge is 0.195 e. The van der Waals surface area contributed by atoms with Gasteiger partial charge in [-0.25, -0.2) is 33.7 Å². The minimum absolute atomic E-state index is 0.0594. The fraction of sp³-hybridized carbons (Fsp3) is 0.455. The summed E-state index contributed by atoms with van der Waals surface area (Å²) in [5.74, 6) is -0.683. The van der Waals surface area contributed by atoms with Crippen molar-refractivity contribution in [1.29, 1.82) is 0 Å². The third-order valence-electron chi connectivity index (χ3n) is 5.64. The van der Waals surface area contributed by atoms with E-state index in [2.05, 4.69) is 0 Å². The maximum absolute atomic E-state index is 12.6. The lowest BCUT2D eigenvalue weighted by Gasteiger charge is -2.15. The number of benzene rings is 2. The van der Waals surface area contributed by atoms with Gasteiger partial charge in [0.2, 0.25) is 0 Å². The van der Waals surface area contributed by atoms with E-state index in [1.54, 1.807) is 12.1 Å². The van der Waals surface area contributed by atoms with E-state index in [1.165, 1.54) is 48.5 Å². The normalized spacial score (nSPS) is 15.0. The van der Waals surface area contributed by atoms with E-state index in [1.807, 2.05) is 0 Å². The van der Waals surface area contributed by atoms with Crippen LogP contribution in [0.15, 0.2) is 70.5 Å². The van der Waals surface area contributed by atoms with E-state index < -0.39 is 48.5 Å². The van der Waals surface area contributed by atoms with E-state index in [9.17, 15) is 33.7 Å². The van der Waals surface area contributed by atoms with Crippen LogP contribution in [-0.2, 0) is 39.3 Å². The fourth-order valence-electron chi connectivity index (χ4n) is 3.28. The van der Waals surface area contributed by atoms with Gasteiger partial charge in [0, 0.05) is 0 Å². The van der Waals surface area contributed by atoms with Crippen molar-refractivity contribution < 1.29 is 33.7 Å². The molecule has 0 N–H and O–H groups in total. The molecule has 0 aliphatic heterocycles. The molecule has 0 aliphatic carbocycles. The summed E-state index contributed by atoms with van der Waals surface area (Å²) in [4.78, 5) is -0.119. The first kappa shape index (κ1) is 28.5. The summed E-state index contributed by atoms with van der Waals surface area (Å²) in [7, 11) is -15.9. The highest BCUT2D eigenvalue weighted by atomic mass is 32.3. The zero-order valence-electron chi connectivity index (χ0n) is 19.1. The predicted octanol–water partition coefficient (Wildman–Crippen LogP) is 3.02. The third-order valence-corrected chi connectivity index (χ3v) is 16.3. The lowest BCUT2D eigenvalue weighted by molar-refractivity contribution is 0.567. The summed E-state index contributed by atoms with van der Waals surface area (Å²) >= 11 is 0. The second-order valence-electron chi connectivity index (χ2n) is 8.00. The highest BCUT2D eigenvalue weighted by Gasteiger charge is 2.35. The van der Waals surface area contributed by atoms with Crippen LogP contribution in [0.5, 0.6) is 0 Å². The molecule has 34 heavy (non-hydrogen) atoms. The first-order valence-corrected chi connectivity index (χ1v) is 17.3. The first-order valence-electron chi connectivity index (χ1n) is 10.7. The fourth-order valence-corrected chi connectivity index (χ4v) is 11.3. The van der Waals surface area contributed by atoms with Gasteiger partial charge in [0.25, 0.3) is 0 Å². The Morgan fingerprint density at radius 2 is 0.794 bits per heavy atom. The van der Waals surface area contributed by atoms with Gasteiger partial charge < -0.3 is 0 Å². The molecule has 0 aromatic heterocycles. The number of hydrogen-bond acceptors (Lipinski definition) is 8. The molecule has 0 saturated heterocycles. The summed E-state index contributed by atoms with van der Waals surface area (Å²) in [6, 6.07) is 14.7. The van der Waals surface area contributed by atoms with Crippen LogP contribution in [0.2, 0.25) is 0 Å². The number of unbranched alkanes of at least 4 members (excludes halogenated alkanes) is 3. The van der Waals surface area contributed by atoms with Crippen LogP contribution in [0.1, 0.15) is 39.5 Å². The Kier molecular flexibility index (Phi) is 9.48. The molecule has 2 atom stereocenters. The lowest BCUT2D eigenvalue weighted by Crippen LogP contribution is -2.30. The van der Waals surface area contributed by atoms with Crippen LogP contribution in [0, 0.1) is 0 Å². The zero-order valence-corrected chi connectivity index (χ0v) is 22.3. The van der Waals surface area contributed by atoms with Crippen LogP contribution >= 0.6 is 0 Å². The summed E-state index contributed by atoms with van der Waals surface area (Å²) in [6.45, 7) is 2.30. The third kappa shape index (κ3) is 6.89. The Hall–Kier alpha value is -1.76. The minimum atomic E-state index is -4.03. The van der Waals surface area contributed by atoms with Crippen molar-refractivity contribution in [1.82, 2.24) is 0 Å². The second-order valence-corrected chi connectivity index (χ2v) is 18.0. The number of sulfone groups is 4. The molecule has 0 amide bonds. The average molecular weight is 551 g/mol. The van der Waals surface area contributed by atoms with E-state index in [4.69, 9.17) is 0 Å². The van der Waals surface area contributed by atoms with E-state index in [-0.39, 0.29) is 34.1 Å². The molecule has 2 rings (SSSR count). The quantitative estimate of drug-likeness (QED) is 0.347. The molecule has 0 fully saturated rings. The van der Waals surface area contributed by atoms with Crippen molar-refractivity contribution in [3.63, 3.8) is 0 Å². The van der Waals surface area contributed by atoms with Crippen molar-refractivity contribution in [3.05, 3.63) is 60.7 Å². The number of rotatable bonds is 13. The van der Waals surface area contributed by atoms with E-state index in [0.717, 1.165) is 13.8 Å². The van der Waals surface area contributed by atoms with Gasteiger partial charge in [-0.2, -0.15) is 0 Å². The van der Waals surface area contributed by atoms with Gasteiger partial charge in [0.15, 0.2) is 48.5 Å². The molecule has 12 heteroatoms. The first-order chi connectivity index (χ1) is 15.7. The molecule has 2 aromatic rings. The largest absolute Gasteiger partial charge is 0.227 e. The molecule has 190 valence electrons. The van der Waals surface area contributed by atoms with Crippen molar-refractivity contribution in [3.8, 4) is 0 Å². The van der Waals surface area contributed by atoms with Gasteiger partial charge in [-0.1, -0.05) is 49.2 Å². The Morgan fingerprint density at radius 1 is 0.500 bits per heavy atom. The van der Waals surface area contributed by atoms with Gasteiger partial charge >= 0.3 is 0 Å². The Bertz CT molecular complexity index is 1260. The Balaban J connectivity index is 1.86. The van der Waals surface area contributed by atoms with Gasteiger partial charge in [-0.15, -0.1) is 0 Å². The highest BCUT2D eigenvalue weighted by molar-refractivity contribution is 8.09. The van der Waals surface area contributed by atoms with Crippen LogP contribution in [0.3, 0.4) is 0 Å². The molecule has 0 aliphatic rings. The van der Waals surface area contributed by atoms with Gasteiger partial charge in [-0.3, -0.25) is 0 Å². The molecule has 2 unspecified atom stereocenters. The van der Waals surface area contributed by atoms with Gasteiger partial charge in [0.05, 0.1) is 21.3 Å². The van der Waals surface area contributed by atoms with E-state index in [0.29, 0.717) is 12.8 Å². The van der Waals surface area contributed by atoms with Gasteiger partial charge in [-0.05, 0) is 51.0 Å². The van der Waals surface area contributed by atoms with Crippen molar-refractivity contribution in [2.45, 2.75) is 58.5 Å². The van der Waals surface area contributed by atoms with Crippen molar-refractivity contribution in [2.24, 2.45) is 0 Å². The van der Waals surface area contributed by atoms with Crippen molar-refractivity contribution in [2.75, 3.05) is 11.5 Å². The summed E-state index contributed by atoms with van der Waals surface area (Å²) in [5.41, 5.74) is 0. The lowest BCUT2D eigenvalue weighted by atomic mass is 10.2. The molecule has 8 nitrogen and oxygen atoms in total. The topological polar surface area (TPSA) is 137 Å². The number of hydrogen-bond donors (Lipinski definition) is 0. The minimum Gasteiger partial charge on any atom is -0.227 e. The molecule has 0 radical (unpaired) electrons. The van der Waals surface area contributed by atoms with Crippen LogP contribution in [0.25, 0.3) is 0 Å². The highest BCUT2D eigenvalue weighted by Crippen LogP contribution is 2.23. The molecule has 0 heterocycles. The van der Waals surface area contributed by atoms with Crippen LogP contribution < -0.4 is 0 Å². The second kappa shape index (κ2) is 11.3. The van der Waals surface area contributed by atoms with E-state index >= 15 is 0 Å². The zero-order chi connectivity index (χ0) is 25.6. The summed E-state index contributed by atoms with van der Waals surface area (Å²) in [6.07, 6.45) is 1.09. The van der Waals surface area contributed by atoms with Crippen LogP contribution in [-0.4, -0.2) is 54.3 Å². The SMILES string of the molecule is CC(S(=O)(=O)CCCCCCS(=O)(=O)C(C)S(=O)(=O)c1ccccc1)S(=O)(=O)c1ccccc1. The summed E-state index contributed by atoms with van der Waals surface area (Å²) in [5, 5.41) is 0. The monoisotopic (exact) mass is 550 g/mol. The molecular weight excluding hydrogens is 521 g/mol. The molecule has 2 aromatic carbocycles. The Labute approximate surface area is 203 Å². The molecular formula is C22H30O8S4. The van der Waals surface area contributed by atoms with Gasteiger partial charge in [0.1, 0.15) is 0 Å². The van der Waals surface area contributed by atoms with Crippen LogP contribution in [0.4, 0.5) is 0 Å². The maximum Gasteiger partial charge on any atom is 0.195 e. The standard InChI is InChI=1S/C22H30O8S4/c1-19(33(27,28)21-13-7-5-8-14-21)31(23,24)17-11-3-4-12-18-32(25,26)20(2)34(29,30)22-15-9-6-10-16-22/h5-10,13-16,19-20H,3-4,11-12,17-18H2,1-2H3. The Morgan fingerprint density at radius 3 is 1.09 bits per heavy atom. The average Bonchev–Trinajstić information content (AvgIpc) is 2.81. The molecule has 0 spiro atoms.